The molecule has 21 heavy (non-hydrogen) atoms. The van der Waals surface area contributed by atoms with Crippen LogP contribution in [0.5, 0.6) is 0 Å². The second kappa shape index (κ2) is 5.87. The molecule has 6 nitrogen and oxygen atoms in total. The van der Waals surface area contributed by atoms with Gasteiger partial charge in [0.15, 0.2) is 0 Å². The van der Waals surface area contributed by atoms with E-state index in [-0.39, 0.29) is 18.0 Å². The van der Waals surface area contributed by atoms with Crippen molar-refractivity contribution in [2.45, 2.75) is 31.8 Å². The third kappa shape index (κ3) is 3.53. The molecule has 0 atom stereocenters. The van der Waals surface area contributed by atoms with Crippen molar-refractivity contribution in [3.8, 4) is 0 Å². The van der Waals surface area contributed by atoms with Gasteiger partial charge in [0.2, 0.25) is 5.91 Å². The summed E-state index contributed by atoms with van der Waals surface area (Å²) in [7, 11) is 0. The van der Waals surface area contributed by atoms with Crippen molar-refractivity contribution >= 4 is 5.91 Å². The van der Waals surface area contributed by atoms with Crippen LogP contribution in [0.15, 0.2) is 41.5 Å². The van der Waals surface area contributed by atoms with Crippen molar-refractivity contribution in [2.24, 2.45) is 0 Å². The molecule has 0 aliphatic heterocycles. The first-order valence-corrected chi connectivity index (χ1v) is 6.96. The van der Waals surface area contributed by atoms with Crippen molar-refractivity contribution in [2.75, 3.05) is 0 Å². The standard InChI is InChI=1S/C15H16N4O2/c20-14(17-9-11-5-7-16-8-6-11)10-19-15(21)4-3-13(18-19)12-1-2-12/h3-8,12H,1-2,9-10H2,(H,17,20). The first-order valence-electron chi connectivity index (χ1n) is 6.96. The molecule has 108 valence electrons. The predicted molar refractivity (Wildman–Crippen MR) is 76.6 cm³/mol. The number of amides is 1. The van der Waals surface area contributed by atoms with Crippen molar-refractivity contribution in [3.05, 3.63) is 58.3 Å². The van der Waals surface area contributed by atoms with Gasteiger partial charge in [-0.05, 0) is 36.6 Å². The normalized spacial score (nSPS) is 13.9. The number of aromatic nitrogens is 3. The van der Waals surface area contributed by atoms with Crippen LogP contribution in [0.1, 0.15) is 30.0 Å². The lowest BCUT2D eigenvalue weighted by molar-refractivity contribution is -0.122. The van der Waals surface area contributed by atoms with Gasteiger partial charge in [-0.3, -0.25) is 14.6 Å². The molecule has 1 saturated carbocycles. The second-order valence-electron chi connectivity index (χ2n) is 5.16. The molecule has 1 aliphatic rings. The van der Waals surface area contributed by atoms with Crippen LogP contribution in [0.3, 0.4) is 0 Å². The van der Waals surface area contributed by atoms with E-state index in [0.717, 1.165) is 24.1 Å². The van der Waals surface area contributed by atoms with Gasteiger partial charge in [-0.15, -0.1) is 0 Å². The highest BCUT2D eigenvalue weighted by Crippen LogP contribution is 2.38. The highest BCUT2D eigenvalue weighted by Gasteiger charge is 2.25. The maximum absolute atomic E-state index is 11.9. The number of carbonyl (C=O) groups is 1. The van der Waals surface area contributed by atoms with E-state index in [1.54, 1.807) is 18.5 Å². The second-order valence-corrected chi connectivity index (χ2v) is 5.16. The average Bonchev–Trinajstić information content (AvgIpc) is 3.33. The monoisotopic (exact) mass is 284 g/mol. The van der Waals surface area contributed by atoms with E-state index in [0.29, 0.717) is 12.5 Å². The quantitative estimate of drug-likeness (QED) is 0.882. The topological polar surface area (TPSA) is 76.9 Å². The maximum atomic E-state index is 11.9. The molecule has 6 heteroatoms. The van der Waals surface area contributed by atoms with E-state index in [1.807, 2.05) is 12.1 Å². The fourth-order valence-electron chi connectivity index (χ4n) is 2.07. The van der Waals surface area contributed by atoms with Crippen LogP contribution in [-0.2, 0) is 17.9 Å². The lowest BCUT2D eigenvalue weighted by Gasteiger charge is -2.07. The van der Waals surface area contributed by atoms with Crippen LogP contribution in [0.2, 0.25) is 0 Å². The molecular formula is C15H16N4O2. The minimum atomic E-state index is -0.251. The number of rotatable bonds is 5. The number of nitrogens with zero attached hydrogens (tertiary/aromatic N) is 3. The predicted octanol–water partition coefficient (Wildman–Crippen LogP) is 0.832. The highest BCUT2D eigenvalue weighted by atomic mass is 16.2. The molecule has 3 rings (SSSR count). The Morgan fingerprint density at radius 3 is 2.71 bits per heavy atom. The largest absolute Gasteiger partial charge is 0.350 e. The van der Waals surface area contributed by atoms with Gasteiger partial charge in [-0.1, -0.05) is 0 Å². The molecule has 2 aromatic rings. The molecule has 1 N–H and O–H groups in total. The van der Waals surface area contributed by atoms with Crippen LogP contribution < -0.4 is 10.9 Å². The van der Waals surface area contributed by atoms with Crippen molar-refractivity contribution < 1.29 is 4.79 Å². The molecule has 0 bridgehead atoms. The molecule has 0 unspecified atom stereocenters. The first kappa shape index (κ1) is 13.5. The van der Waals surface area contributed by atoms with Crippen molar-refractivity contribution in [3.63, 3.8) is 0 Å². The Bertz CT molecular complexity index is 692. The summed E-state index contributed by atoms with van der Waals surface area (Å²) in [5.41, 5.74) is 1.61. The van der Waals surface area contributed by atoms with Crippen LogP contribution in [0.25, 0.3) is 0 Å². The van der Waals surface area contributed by atoms with Gasteiger partial charge < -0.3 is 5.32 Å². The van der Waals surface area contributed by atoms with E-state index in [2.05, 4.69) is 15.4 Å². The summed E-state index contributed by atoms with van der Waals surface area (Å²) < 4.78 is 1.23. The highest BCUT2D eigenvalue weighted by molar-refractivity contribution is 5.75. The Morgan fingerprint density at radius 2 is 2.00 bits per heavy atom. The van der Waals surface area contributed by atoms with Gasteiger partial charge in [0.05, 0.1) is 5.69 Å². The third-order valence-electron chi connectivity index (χ3n) is 3.42. The number of nitrogens with one attached hydrogen (secondary N) is 1. The zero-order chi connectivity index (χ0) is 14.7. The molecular weight excluding hydrogens is 268 g/mol. The van der Waals surface area contributed by atoms with E-state index in [1.165, 1.54) is 10.7 Å². The first-order chi connectivity index (χ1) is 10.2. The van der Waals surface area contributed by atoms with Crippen LogP contribution in [0, 0.1) is 0 Å². The smallest absolute Gasteiger partial charge is 0.267 e. The molecule has 1 fully saturated rings. The average molecular weight is 284 g/mol. The van der Waals surface area contributed by atoms with Gasteiger partial charge >= 0.3 is 0 Å². The lowest BCUT2D eigenvalue weighted by Crippen LogP contribution is -2.33. The third-order valence-corrected chi connectivity index (χ3v) is 3.42. The molecule has 2 aromatic heterocycles. The fraction of sp³-hybridized carbons (Fsp3) is 0.333. The van der Waals surface area contributed by atoms with Crippen LogP contribution in [0.4, 0.5) is 0 Å². The summed E-state index contributed by atoms with van der Waals surface area (Å²) in [6.45, 7) is 0.364. The fourth-order valence-corrected chi connectivity index (χ4v) is 2.07. The van der Waals surface area contributed by atoms with Gasteiger partial charge in [0, 0.05) is 30.9 Å². The van der Waals surface area contributed by atoms with Crippen LogP contribution in [-0.4, -0.2) is 20.7 Å². The lowest BCUT2D eigenvalue weighted by atomic mass is 10.3. The molecule has 2 heterocycles. The Morgan fingerprint density at radius 1 is 1.24 bits per heavy atom. The number of hydrogen-bond acceptors (Lipinski definition) is 4. The summed E-state index contributed by atoms with van der Waals surface area (Å²) in [4.78, 5) is 27.6. The SMILES string of the molecule is O=C(Cn1nc(C2CC2)ccc1=O)NCc1ccncc1. The summed E-state index contributed by atoms with van der Waals surface area (Å²) in [6, 6.07) is 6.90. The molecule has 0 radical (unpaired) electrons. The molecule has 1 aliphatic carbocycles. The summed E-state index contributed by atoms with van der Waals surface area (Å²) in [5.74, 6) is 0.228. The Balaban J connectivity index is 1.62. The van der Waals surface area contributed by atoms with Gasteiger partial charge in [-0.25, -0.2) is 4.68 Å². The van der Waals surface area contributed by atoms with Crippen LogP contribution >= 0.6 is 0 Å². The van der Waals surface area contributed by atoms with Gasteiger partial charge in [0.25, 0.3) is 5.56 Å². The van der Waals surface area contributed by atoms with E-state index >= 15 is 0 Å². The van der Waals surface area contributed by atoms with Gasteiger partial charge in [-0.2, -0.15) is 5.10 Å². The molecule has 0 spiro atoms. The summed E-state index contributed by atoms with van der Waals surface area (Å²) in [5, 5.41) is 7.04. The Labute approximate surface area is 121 Å². The van der Waals surface area contributed by atoms with Crippen molar-refractivity contribution in [1.82, 2.24) is 20.1 Å². The Kier molecular flexibility index (Phi) is 3.77. The number of carbonyl (C=O) groups excluding carboxylic acids is 1. The summed E-state index contributed by atoms with van der Waals surface area (Å²) >= 11 is 0. The zero-order valence-electron chi connectivity index (χ0n) is 11.5. The zero-order valence-corrected chi connectivity index (χ0v) is 11.5. The van der Waals surface area contributed by atoms with E-state index < -0.39 is 0 Å². The maximum Gasteiger partial charge on any atom is 0.267 e. The molecule has 0 saturated heterocycles. The Hall–Kier alpha value is -2.50. The van der Waals surface area contributed by atoms with Crippen molar-refractivity contribution in [1.29, 1.82) is 0 Å². The summed E-state index contributed by atoms with van der Waals surface area (Å²) in [6.07, 6.45) is 5.57. The van der Waals surface area contributed by atoms with Gasteiger partial charge in [0.1, 0.15) is 6.54 Å². The number of pyridine rings is 1. The molecule has 0 aromatic carbocycles. The minimum absolute atomic E-state index is 0.0511. The van der Waals surface area contributed by atoms with E-state index in [9.17, 15) is 9.59 Å². The molecule has 1 amide bonds. The number of hydrogen-bond donors (Lipinski definition) is 1. The van der Waals surface area contributed by atoms with E-state index in [4.69, 9.17) is 0 Å². The minimum Gasteiger partial charge on any atom is -0.350 e.